The Morgan fingerprint density at radius 3 is 1.94 bits per heavy atom. The fraction of sp³-hybridized carbons (Fsp3) is 0.875. The molecule has 0 atom stereocenters. The number of rotatable bonds is 3. The van der Waals surface area contributed by atoms with Gasteiger partial charge in [0.05, 0.1) is 0 Å². The highest BCUT2D eigenvalue weighted by Gasteiger charge is 2.46. The molecule has 0 aromatic carbocycles. The highest BCUT2D eigenvalue weighted by atomic mass is 32.2. The molecule has 17 heavy (non-hydrogen) atoms. The van der Waals surface area contributed by atoms with Crippen molar-refractivity contribution in [2.24, 2.45) is 4.99 Å². The molecule has 5 nitrogen and oxygen atoms in total. The van der Waals surface area contributed by atoms with Gasteiger partial charge in [-0.25, -0.2) is 9.71 Å². The highest BCUT2D eigenvalue weighted by molar-refractivity contribution is 7.90. The van der Waals surface area contributed by atoms with Crippen LogP contribution < -0.4 is 10.0 Å². The first kappa shape index (κ1) is 16.0. The highest BCUT2D eigenvalue weighted by Crippen LogP contribution is 2.21. The topological polar surface area (TPSA) is 70.6 Å². The molecule has 0 bridgehead atoms. The minimum Gasteiger partial charge on any atom is -0.353 e. The van der Waals surface area contributed by atoms with Crippen molar-refractivity contribution in [2.75, 3.05) is 0 Å². The lowest BCUT2D eigenvalue weighted by Gasteiger charge is -2.17. The lowest BCUT2D eigenvalue weighted by Crippen LogP contribution is -2.48. The first-order valence-electron chi connectivity index (χ1n) is 4.89. The molecule has 0 amide bonds. The van der Waals surface area contributed by atoms with Crippen molar-refractivity contribution in [2.45, 2.75) is 45.3 Å². The Kier molecular flexibility index (Phi) is 5.24. The summed E-state index contributed by atoms with van der Waals surface area (Å²) in [5.41, 5.74) is -5.36. The molecule has 0 aliphatic carbocycles. The van der Waals surface area contributed by atoms with E-state index in [4.69, 9.17) is 0 Å². The maximum absolute atomic E-state index is 12.1. The molecule has 2 N–H and O–H groups in total. The van der Waals surface area contributed by atoms with Crippen LogP contribution in [0.15, 0.2) is 4.99 Å². The summed E-state index contributed by atoms with van der Waals surface area (Å²) < 4.78 is 59.5. The standard InChI is InChI=1S/C8H16F3N3O2S/c1-5(2)12-7(13-6(3)4)14-17(15,16)8(9,10)11/h5-6H,1-4H3,(H2,12,13,14). The summed E-state index contributed by atoms with van der Waals surface area (Å²) in [7, 11) is -5.43. The van der Waals surface area contributed by atoms with E-state index in [0.717, 1.165) is 0 Å². The number of hydrogen-bond acceptors (Lipinski definition) is 3. The zero-order chi connectivity index (χ0) is 13.9. The van der Waals surface area contributed by atoms with Crippen LogP contribution in [0.25, 0.3) is 0 Å². The molecule has 0 aliphatic rings. The van der Waals surface area contributed by atoms with Crippen LogP contribution in [-0.2, 0) is 10.0 Å². The van der Waals surface area contributed by atoms with Gasteiger partial charge in [-0.1, -0.05) is 0 Å². The van der Waals surface area contributed by atoms with Gasteiger partial charge in [0.1, 0.15) is 0 Å². The van der Waals surface area contributed by atoms with E-state index in [2.05, 4.69) is 10.3 Å². The molecule has 0 aromatic heterocycles. The molecule has 0 saturated carbocycles. The summed E-state index contributed by atoms with van der Waals surface area (Å²) in [5, 5.41) is 2.50. The van der Waals surface area contributed by atoms with E-state index in [0.29, 0.717) is 0 Å². The smallest absolute Gasteiger partial charge is 0.353 e. The second-order valence-corrected chi connectivity index (χ2v) is 5.60. The molecule has 0 saturated heterocycles. The first-order chi connectivity index (χ1) is 7.45. The number of hydrogen-bond donors (Lipinski definition) is 2. The maximum Gasteiger partial charge on any atom is 0.516 e. The molecule has 102 valence electrons. The van der Waals surface area contributed by atoms with Crippen molar-refractivity contribution in [3.63, 3.8) is 0 Å². The van der Waals surface area contributed by atoms with Gasteiger partial charge in [0.25, 0.3) is 0 Å². The fourth-order valence-electron chi connectivity index (χ4n) is 0.810. The van der Waals surface area contributed by atoms with Crippen LogP contribution >= 0.6 is 0 Å². The predicted octanol–water partition coefficient (Wildman–Crippen LogP) is 1.19. The van der Waals surface area contributed by atoms with Crippen molar-refractivity contribution in [3.05, 3.63) is 0 Å². The van der Waals surface area contributed by atoms with Crippen molar-refractivity contribution >= 4 is 16.0 Å². The van der Waals surface area contributed by atoms with Crippen molar-refractivity contribution in [1.82, 2.24) is 10.0 Å². The lowest BCUT2D eigenvalue weighted by atomic mass is 10.4. The van der Waals surface area contributed by atoms with E-state index in [9.17, 15) is 21.6 Å². The number of nitrogens with zero attached hydrogens (tertiary/aromatic N) is 1. The number of guanidine groups is 1. The van der Waals surface area contributed by atoms with Gasteiger partial charge < -0.3 is 5.32 Å². The van der Waals surface area contributed by atoms with Crippen LogP contribution in [0.2, 0.25) is 0 Å². The van der Waals surface area contributed by atoms with Gasteiger partial charge in [0.15, 0.2) is 0 Å². The third kappa shape index (κ3) is 5.76. The van der Waals surface area contributed by atoms with Crippen LogP contribution in [0, 0.1) is 0 Å². The Hall–Kier alpha value is -0.990. The van der Waals surface area contributed by atoms with Gasteiger partial charge >= 0.3 is 15.5 Å². The van der Waals surface area contributed by atoms with E-state index >= 15 is 0 Å². The number of halogens is 3. The van der Waals surface area contributed by atoms with Crippen LogP contribution in [0.3, 0.4) is 0 Å². The summed E-state index contributed by atoms with van der Waals surface area (Å²) in [6.07, 6.45) is 0. The summed E-state index contributed by atoms with van der Waals surface area (Å²) in [4.78, 5) is 3.73. The number of sulfonamides is 1. The van der Waals surface area contributed by atoms with Gasteiger partial charge in [0.2, 0.25) is 5.96 Å². The van der Waals surface area contributed by atoms with Crippen molar-refractivity contribution < 1.29 is 21.6 Å². The second-order valence-electron chi connectivity index (χ2n) is 3.92. The quantitative estimate of drug-likeness (QED) is 0.600. The minimum atomic E-state index is -5.43. The van der Waals surface area contributed by atoms with E-state index in [1.807, 2.05) is 0 Å². The molecule has 0 heterocycles. The molecule has 0 aromatic rings. The first-order valence-corrected chi connectivity index (χ1v) is 6.37. The Bertz CT molecular complexity index is 374. The number of alkyl halides is 3. The minimum absolute atomic E-state index is 0.247. The summed E-state index contributed by atoms with van der Waals surface area (Å²) >= 11 is 0. The monoisotopic (exact) mass is 275 g/mol. The molecule has 0 aliphatic heterocycles. The van der Waals surface area contributed by atoms with Crippen LogP contribution in [0.4, 0.5) is 13.2 Å². The summed E-state index contributed by atoms with van der Waals surface area (Å²) in [6, 6.07) is -0.587. The molecule has 0 rings (SSSR count). The fourth-order valence-corrected chi connectivity index (χ4v) is 1.29. The van der Waals surface area contributed by atoms with Gasteiger partial charge in [0, 0.05) is 12.1 Å². The number of aliphatic imine (C=N–C) groups is 1. The summed E-state index contributed by atoms with van der Waals surface area (Å²) in [5.74, 6) is -0.410. The largest absolute Gasteiger partial charge is 0.516 e. The molecule has 0 radical (unpaired) electrons. The van der Waals surface area contributed by atoms with E-state index < -0.39 is 21.5 Å². The van der Waals surface area contributed by atoms with Gasteiger partial charge in [-0.2, -0.15) is 21.6 Å². The molecule has 0 fully saturated rings. The van der Waals surface area contributed by atoms with Gasteiger partial charge in [-0.05, 0) is 27.7 Å². The van der Waals surface area contributed by atoms with Crippen LogP contribution in [0.1, 0.15) is 27.7 Å². The lowest BCUT2D eigenvalue weighted by molar-refractivity contribution is -0.0442. The molecule has 9 heteroatoms. The Labute approximate surface area is 98.5 Å². The Balaban J connectivity index is 5.02. The molecule has 0 unspecified atom stereocenters. The van der Waals surface area contributed by atoms with Crippen molar-refractivity contribution in [1.29, 1.82) is 0 Å². The predicted molar refractivity (Wildman–Crippen MR) is 59.0 cm³/mol. The number of nitrogens with one attached hydrogen (secondary N) is 2. The van der Waals surface area contributed by atoms with E-state index in [-0.39, 0.29) is 12.1 Å². The maximum atomic E-state index is 12.1. The normalized spacial score (nSPS) is 14.3. The molecular formula is C8H16F3N3O2S. The SMILES string of the molecule is CC(C)N=C(NC(C)C)NS(=O)(=O)C(F)(F)F. The third-order valence-electron chi connectivity index (χ3n) is 1.35. The zero-order valence-corrected chi connectivity index (χ0v) is 10.8. The summed E-state index contributed by atoms with van der Waals surface area (Å²) in [6.45, 7) is 6.53. The molecular weight excluding hydrogens is 259 g/mol. The third-order valence-corrected chi connectivity index (χ3v) is 2.42. The van der Waals surface area contributed by atoms with E-state index in [1.54, 1.807) is 27.7 Å². The van der Waals surface area contributed by atoms with Crippen LogP contribution in [0.5, 0.6) is 0 Å². The zero-order valence-electron chi connectivity index (χ0n) is 9.96. The average Bonchev–Trinajstić information content (AvgIpc) is 1.96. The van der Waals surface area contributed by atoms with Crippen LogP contribution in [-0.4, -0.2) is 32.0 Å². The average molecular weight is 275 g/mol. The second kappa shape index (κ2) is 5.56. The van der Waals surface area contributed by atoms with E-state index in [1.165, 1.54) is 4.72 Å². The van der Waals surface area contributed by atoms with Gasteiger partial charge in [-0.15, -0.1) is 0 Å². The Morgan fingerprint density at radius 2 is 1.65 bits per heavy atom. The van der Waals surface area contributed by atoms with Crippen molar-refractivity contribution in [3.8, 4) is 0 Å². The Morgan fingerprint density at radius 1 is 1.18 bits per heavy atom. The van der Waals surface area contributed by atoms with Gasteiger partial charge in [-0.3, -0.25) is 0 Å². The molecule has 0 spiro atoms.